The summed E-state index contributed by atoms with van der Waals surface area (Å²) in [5, 5.41) is 0. The van der Waals surface area contributed by atoms with E-state index in [9.17, 15) is 0 Å². The van der Waals surface area contributed by atoms with Crippen molar-refractivity contribution in [2.75, 3.05) is 13.7 Å². The highest BCUT2D eigenvalue weighted by Gasteiger charge is 2.18. The first-order chi connectivity index (χ1) is 6.31. The fourth-order valence-electron chi connectivity index (χ4n) is 1.47. The summed E-state index contributed by atoms with van der Waals surface area (Å²) in [6, 6.07) is 0. The van der Waals surface area contributed by atoms with Crippen LogP contribution in [0.1, 0.15) is 17.8 Å². The van der Waals surface area contributed by atoms with E-state index in [1.165, 1.54) is 0 Å². The van der Waals surface area contributed by atoms with Gasteiger partial charge in [0.25, 0.3) is 0 Å². The Hall–Kier alpha value is -1.32. The van der Waals surface area contributed by atoms with E-state index < -0.39 is 0 Å². The third-order valence-corrected chi connectivity index (χ3v) is 2.05. The third kappa shape index (κ3) is 1.43. The second kappa shape index (κ2) is 3.20. The molecule has 0 unspecified atom stereocenters. The quantitative estimate of drug-likeness (QED) is 0.649. The lowest BCUT2D eigenvalue weighted by Crippen LogP contribution is -2.13. The largest absolute Gasteiger partial charge is 0.481 e. The second-order valence-electron chi connectivity index (χ2n) is 3.02. The summed E-state index contributed by atoms with van der Waals surface area (Å²) in [4.78, 5) is 8.40. The predicted octanol–water partition coefficient (Wildman–Crippen LogP) is 1.12. The van der Waals surface area contributed by atoms with Crippen molar-refractivity contribution in [3.63, 3.8) is 0 Å². The van der Waals surface area contributed by atoms with Crippen LogP contribution >= 0.6 is 0 Å². The molecule has 0 fully saturated rings. The van der Waals surface area contributed by atoms with Gasteiger partial charge in [-0.1, -0.05) is 0 Å². The molecule has 0 bridgehead atoms. The number of rotatable bonds is 1. The van der Waals surface area contributed by atoms with Gasteiger partial charge in [0.05, 0.1) is 19.3 Å². The Balaban J connectivity index is 2.50. The summed E-state index contributed by atoms with van der Waals surface area (Å²) >= 11 is 0. The Bertz CT molecular complexity index is 308. The molecule has 2 heterocycles. The summed E-state index contributed by atoms with van der Waals surface area (Å²) < 4.78 is 10.6. The standard InChI is InChI=1S/C9H12N2O2/c1-6-10-8(12-2)7-4-3-5-13-9(7)11-6/h3-5H2,1-2H3. The van der Waals surface area contributed by atoms with Crippen LogP contribution in [0.15, 0.2) is 0 Å². The molecule has 1 aliphatic heterocycles. The molecule has 0 amide bonds. The van der Waals surface area contributed by atoms with Crippen LogP contribution in [0.3, 0.4) is 0 Å². The first kappa shape index (κ1) is 8.29. The second-order valence-corrected chi connectivity index (χ2v) is 3.02. The van der Waals surface area contributed by atoms with Crippen LogP contribution in [0.25, 0.3) is 0 Å². The first-order valence-electron chi connectivity index (χ1n) is 4.35. The van der Waals surface area contributed by atoms with Crippen LogP contribution in [0.4, 0.5) is 0 Å². The zero-order valence-corrected chi connectivity index (χ0v) is 7.83. The Morgan fingerprint density at radius 2 is 2.23 bits per heavy atom. The van der Waals surface area contributed by atoms with Gasteiger partial charge in [-0.2, -0.15) is 9.97 Å². The molecule has 1 aromatic rings. The highest BCUT2D eigenvalue weighted by molar-refractivity contribution is 5.36. The van der Waals surface area contributed by atoms with Crippen LogP contribution in [-0.2, 0) is 6.42 Å². The van der Waals surface area contributed by atoms with Crippen molar-refractivity contribution in [3.05, 3.63) is 11.4 Å². The fraction of sp³-hybridized carbons (Fsp3) is 0.556. The molecule has 0 aromatic carbocycles. The molecule has 0 spiro atoms. The summed E-state index contributed by atoms with van der Waals surface area (Å²) in [6.07, 6.45) is 1.95. The van der Waals surface area contributed by atoms with Crippen LogP contribution in [0, 0.1) is 6.92 Å². The Kier molecular flexibility index (Phi) is 2.04. The van der Waals surface area contributed by atoms with E-state index in [1.54, 1.807) is 7.11 Å². The summed E-state index contributed by atoms with van der Waals surface area (Å²) in [5.41, 5.74) is 0.999. The zero-order chi connectivity index (χ0) is 9.26. The molecule has 1 aliphatic rings. The number of ether oxygens (including phenoxy) is 2. The molecule has 1 aromatic heterocycles. The van der Waals surface area contributed by atoms with Crippen molar-refractivity contribution in [3.8, 4) is 11.8 Å². The minimum Gasteiger partial charge on any atom is -0.481 e. The summed E-state index contributed by atoms with van der Waals surface area (Å²) in [7, 11) is 1.62. The number of hydrogen-bond acceptors (Lipinski definition) is 4. The molecule has 0 saturated carbocycles. The predicted molar refractivity (Wildman–Crippen MR) is 47.1 cm³/mol. The molecule has 4 nitrogen and oxygen atoms in total. The lowest BCUT2D eigenvalue weighted by atomic mass is 10.1. The molecule has 70 valence electrons. The number of hydrogen-bond donors (Lipinski definition) is 0. The molecule has 0 radical (unpaired) electrons. The Labute approximate surface area is 76.9 Å². The van der Waals surface area contributed by atoms with Crippen molar-refractivity contribution in [2.45, 2.75) is 19.8 Å². The van der Waals surface area contributed by atoms with Crippen molar-refractivity contribution in [1.82, 2.24) is 9.97 Å². The van der Waals surface area contributed by atoms with E-state index in [4.69, 9.17) is 9.47 Å². The minimum absolute atomic E-state index is 0.655. The molecule has 4 heteroatoms. The van der Waals surface area contributed by atoms with E-state index in [0.29, 0.717) is 17.6 Å². The van der Waals surface area contributed by atoms with Gasteiger partial charge in [-0.25, -0.2) is 0 Å². The topological polar surface area (TPSA) is 44.2 Å². The fourth-order valence-corrected chi connectivity index (χ4v) is 1.47. The SMILES string of the molecule is COc1nc(C)nc2c1CCCO2. The molecule has 0 aliphatic carbocycles. The average Bonchev–Trinajstić information content (AvgIpc) is 2.16. The van der Waals surface area contributed by atoms with Crippen molar-refractivity contribution in [2.24, 2.45) is 0 Å². The van der Waals surface area contributed by atoms with E-state index in [1.807, 2.05) is 6.92 Å². The van der Waals surface area contributed by atoms with E-state index in [0.717, 1.165) is 25.0 Å². The molecular formula is C9H12N2O2. The number of aromatic nitrogens is 2. The van der Waals surface area contributed by atoms with Crippen LogP contribution in [0.5, 0.6) is 11.8 Å². The van der Waals surface area contributed by atoms with Gasteiger partial charge in [-0.05, 0) is 19.8 Å². The summed E-state index contributed by atoms with van der Waals surface area (Å²) in [5.74, 6) is 2.04. The highest BCUT2D eigenvalue weighted by atomic mass is 16.5. The number of methoxy groups -OCH3 is 1. The van der Waals surface area contributed by atoms with Gasteiger partial charge in [0, 0.05) is 0 Å². The molecular weight excluding hydrogens is 168 g/mol. The maximum atomic E-state index is 5.42. The first-order valence-corrected chi connectivity index (χ1v) is 4.35. The van der Waals surface area contributed by atoms with Crippen LogP contribution in [0.2, 0.25) is 0 Å². The number of aryl methyl sites for hydroxylation is 1. The lowest BCUT2D eigenvalue weighted by Gasteiger charge is -2.17. The normalized spacial score (nSPS) is 14.6. The zero-order valence-electron chi connectivity index (χ0n) is 7.83. The molecule has 0 saturated heterocycles. The number of nitrogens with zero attached hydrogens (tertiary/aromatic N) is 2. The maximum Gasteiger partial charge on any atom is 0.223 e. The average molecular weight is 180 g/mol. The van der Waals surface area contributed by atoms with Gasteiger partial charge >= 0.3 is 0 Å². The lowest BCUT2D eigenvalue weighted by molar-refractivity contribution is 0.266. The van der Waals surface area contributed by atoms with E-state index >= 15 is 0 Å². The Morgan fingerprint density at radius 3 is 3.00 bits per heavy atom. The van der Waals surface area contributed by atoms with E-state index in [2.05, 4.69) is 9.97 Å². The number of fused-ring (bicyclic) bond motifs is 1. The van der Waals surface area contributed by atoms with Gasteiger partial charge in [0.2, 0.25) is 11.8 Å². The van der Waals surface area contributed by atoms with Crippen molar-refractivity contribution >= 4 is 0 Å². The van der Waals surface area contributed by atoms with Crippen molar-refractivity contribution < 1.29 is 9.47 Å². The maximum absolute atomic E-state index is 5.42. The molecule has 0 atom stereocenters. The monoisotopic (exact) mass is 180 g/mol. The van der Waals surface area contributed by atoms with Gasteiger partial charge in [0.1, 0.15) is 5.82 Å². The minimum atomic E-state index is 0.655. The van der Waals surface area contributed by atoms with Crippen molar-refractivity contribution in [1.29, 1.82) is 0 Å². The van der Waals surface area contributed by atoms with Crippen LogP contribution < -0.4 is 9.47 Å². The molecule has 13 heavy (non-hydrogen) atoms. The smallest absolute Gasteiger partial charge is 0.223 e. The van der Waals surface area contributed by atoms with Gasteiger partial charge < -0.3 is 9.47 Å². The highest BCUT2D eigenvalue weighted by Crippen LogP contribution is 2.29. The summed E-state index contributed by atoms with van der Waals surface area (Å²) in [6.45, 7) is 2.58. The van der Waals surface area contributed by atoms with Gasteiger partial charge in [-0.3, -0.25) is 0 Å². The van der Waals surface area contributed by atoms with Gasteiger partial charge in [0.15, 0.2) is 0 Å². The van der Waals surface area contributed by atoms with E-state index in [-0.39, 0.29) is 0 Å². The molecule has 0 N–H and O–H groups in total. The molecule has 2 rings (SSSR count). The van der Waals surface area contributed by atoms with Gasteiger partial charge in [-0.15, -0.1) is 0 Å². The van der Waals surface area contributed by atoms with Crippen LogP contribution in [-0.4, -0.2) is 23.7 Å². The third-order valence-electron chi connectivity index (χ3n) is 2.05. The Morgan fingerprint density at radius 1 is 1.38 bits per heavy atom.